The van der Waals surface area contributed by atoms with Crippen molar-refractivity contribution in [3.63, 3.8) is 0 Å². The van der Waals surface area contributed by atoms with Crippen LogP contribution in [0.2, 0.25) is 0 Å². The third-order valence-electron chi connectivity index (χ3n) is 18.3. The molecule has 0 bridgehead atoms. The van der Waals surface area contributed by atoms with Crippen molar-refractivity contribution in [2.45, 2.75) is 401 Å². The zero-order valence-electron chi connectivity index (χ0n) is 62.3. The van der Waals surface area contributed by atoms with Crippen LogP contribution in [0.25, 0.3) is 0 Å². The van der Waals surface area contributed by atoms with E-state index in [0.717, 1.165) is 120 Å². The maximum Gasteiger partial charge on any atom is 0.472 e. The van der Waals surface area contributed by atoms with Crippen LogP contribution < -0.4 is 0 Å². The average molecular weight is 1400 g/mol. The molecule has 0 aromatic carbocycles. The van der Waals surface area contributed by atoms with Gasteiger partial charge in [-0.15, -0.1) is 0 Å². The Morgan fingerprint density at radius 2 is 0.505 bits per heavy atom. The number of unbranched alkanes of at least 4 members (excludes halogenated alkanes) is 37. The summed E-state index contributed by atoms with van der Waals surface area (Å²) < 4.78 is 68.5. The van der Waals surface area contributed by atoms with Crippen LogP contribution in [0.4, 0.5) is 0 Å². The number of ether oxygens (including phenoxy) is 4. The van der Waals surface area contributed by atoms with E-state index in [-0.39, 0.29) is 25.7 Å². The summed E-state index contributed by atoms with van der Waals surface area (Å²) in [7, 11) is -9.91. The third-order valence-corrected chi connectivity index (χ3v) is 20.2. The fourth-order valence-corrected chi connectivity index (χ4v) is 13.1. The van der Waals surface area contributed by atoms with E-state index in [1.54, 1.807) is 0 Å². The average Bonchev–Trinajstić information content (AvgIpc) is 2.35. The number of hydrogen-bond donors (Lipinski definition) is 3. The predicted molar refractivity (Wildman–Crippen MR) is 386 cm³/mol. The van der Waals surface area contributed by atoms with Crippen LogP contribution in [0.1, 0.15) is 383 Å². The predicted octanol–water partition coefficient (Wildman–Crippen LogP) is 22.0. The van der Waals surface area contributed by atoms with E-state index in [1.807, 2.05) is 0 Å². The third kappa shape index (κ3) is 67.6. The summed E-state index contributed by atoms with van der Waals surface area (Å²) in [5.41, 5.74) is 0. The molecule has 0 amide bonds. The lowest BCUT2D eigenvalue weighted by Gasteiger charge is -2.21. The Hall–Kier alpha value is -1.94. The lowest BCUT2D eigenvalue weighted by molar-refractivity contribution is -0.161. The maximum absolute atomic E-state index is 13.1. The summed E-state index contributed by atoms with van der Waals surface area (Å²) in [6.07, 6.45) is 50.1. The molecule has 0 fully saturated rings. The van der Waals surface area contributed by atoms with E-state index < -0.39 is 97.5 Å². The first kappa shape index (κ1) is 93.1. The molecule has 0 aliphatic carbocycles. The van der Waals surface area contributed by atoms with Crippen LogP contribution >= 0.6 is 15.6 Å². The van der Waals surface area contributed by atoms with E-state index in [9.17, 15) is 43.2 Å². The molecule has 564 valence electrons. The second-order valence-electron chi connectivity index (χ2n) is 28.8. The van der Waals surface area contributed by atoms with Crippen molar-refractivity contribution >= 4 is 39.5 Å². The van der Waals surface area contributed by atoms with Gasteiger partial charge in [0, 0.05) is 25.7 Å². The van der Waals surface area contributed by atoms with Gasteiger partial charge in [-0.25, -0.2) is 9.13 Å². The lowest BCUT2D eigenvalue weighted by atomic mass is 10.00. The molecule has 95 heavy (non-hydrogen) atoms. The molecule has 0 aliphatic rings. The highest BCUT2D eigenvalue weighted by Gasteiger charge is 2.30. The molecular formula is C76H148O17P2. The summed E-state index contributed by atoms with van der Waals surface area (Å²) in [5.74, 6) is 0.928. The monoisotopic (exact) mass is 1400 g/mol. The Labute approximate surface area is 581 Å². The van der Waals surface area contributed by atoms with Crippen molar-refractivity contribution in [3.8, 4) is 0 Å². The number of carbonyl (C=O) groups is 4. The second kappa shape index (κ2) is 65.4. The normalized spacial score (nSPS) is 14.7. The molecule has 0 spiro atoms. The van der Waals surface area contributed by atoms with E-state index >= 15 is 0 Å². The minimum Gasteiger partial charge on any atom is -0.462 e. The van der Waals surface area contributed by atoms with Crippen LogP contribution in [0.5, 0.6) is 0 Å². The smallest absolute Gasteiger partial charge is 0.462 e. The zero-order valence-corrected chi connectivity index (χ0v) is 64.1. The fraction of sp³-hybridized carbons (Fsp3) is 0.947. The van der Waals surface area contributed by atoms with Crippen LogP contribution in [0, 0.1) is 23.7 Å². The standard InChI is InChI=1S/C76H148O17P2/c1-9-68(7)54-46-38-32-34-41-49-57-74(79)87-63-71(92-75(80)58-50-42-31-27-23-19-13-11-12-16-20-24-28-36-44-52-66(3)4)64-90-94(82,83)88-60-70(77)61-89-95(84,85)91-65-72(93-76(81)59-51-43-35-33-39-47-55-69(8)10-2)62-86-73(78)56-48-40-30-26-22-18-15-14-17-21-25-29-37-45-53-67(5)6/h66-72,77H,9-65H2,1-8H3,(H,82,83)(H,84,85)/t68?,69?,70-,71+,72+/m0/s1. The molecule has 0 saturated carbocycles. The van der Waals surface area contributed by atoms with Crippen molar-refractivity contribution < 1.29 is 80.2 Å². The van der Waals surface area contributed by atoms with Gasteiger partial charge in [-0.1, -0.05) is 331 Å². The van der Waals surface area contributed by atoms with Crippen molar-refractivity contribution in [1.29, 1.82) is 0 Å². The van der Waals surface area contributed by atoms with Crippen molar-refractivity contribution in [3.05, 3.63) is 0 Å². The van der Waals surface area contributed by atoms with Crippen molar-refractivity contribution in [2.75, 3.05) is 39.6 Å². The van der Waals surface area contributed by atoms with Gasteiger partial charge in [-0.05, 0) is 49.4 Å². The second-order valence-corrected chi connectivity index (χ2v) is 31.7. The molecule has 0 radical (unpaired) electrons. The molecule has 19 heteroatoms. The van der Waals surface area contributed by atoms with E-state index in [1.165, 1.54) is 180 Å². The van der Waals surface area contributed by atoms with Crippen molar-refractivity contribution in [2.24, 2.45) is 23.7 Å². The largest absolute Gasteiger partial charge is 0.472 e. The first-order chi connectivity index (χ1) is 45.7. The minimum atomic E-state index is -4.96. The number of phosphoric ester groups is 2. The van der Waals surface area contributed by atoms with Crippen LogP contribution in [0.15, 0.2) is 0 Å². The number of aliphatic hydroxyl groups excluding tert-OH is 1. The Balaban J connectivity index is 5.19. The SMILES string of the molecule is CCC(C)CCCCCCCCC(=O)OC[C@H](COP(=O)(O)OC[C@H](O)COP(=O)(O)OC[C@@H](COC(=O)CCCCCCCCCCCCCCCCC(C)C)OC(=O)CCCCCCCCC(C)CC)OC(=O)CCCCCCCCCCCCCCCCCC(C)C. The Bertz CT molecular complexity index is 1870. The topological polar surface area (TPSA) is 237 Å². The summed E-state index contributed by atoms with van der Waals surface area (Å²) in [6.45, 7) is 14.2. The number of aliphatic hydroxyl groups is 1. The van der Waals surface area contributed by atoms with Gasteiger partial charge in [-0.2, -0.15) is 0 Å². The highest BCUT2D eigenvalue weighted by atomic mass is 31.2. The van der Waals surface area contributed by atoms with Gasteiger partial charge in [0.15, 0.2) is 12.2 Å². The van der Waals surface area contributed by atoms with E-state index in [4.69, 9.17) is 37.0 Å². The van der Waals surface area contributed by atoms with Gasteiger partial charge in [-0.3, -0.25) is 37.3 Å². The molecule has 3 N–H and O–H groups in total. The molecular weight excluding hydrogens is 1250 g/mol. The molecule has 0 aromatic heterocycles. The first-order valence-electron chi connectivity index (χ1n) is 39.3. The van der Waals surface area contributed by atoms with Gasteiger partial charge in [0.1, 0.15) is 19.3 Å². The van der Waals surface area contributed by atoms with Gasteiger partial charge < -0.3 is 33.8 Å². The van der Waals surface area contributed by atoms with Crippen LogP contribution in [-0.2, 0) is 65.4 Å². The summed E-state index contributed by atoms with van der Waals surface area (Å²) in [4.78, 5) is 72.8. The molecule has 7 atom stereocenters. The summed E-state index contributed by atoms with van der Waals surface area (Å²) >= 11 is 0. The number of carbonyl (C=O) groups excluding carboxylic acids is 4. The van der Waals surface area contributed by atoms with E-state index in [0.29, 0.717) is 25.7 Å². The van der Waals surface area contributed by atoms with Gasteiger partial charge in [0.05, 0.1) is 26.4 Å². The lowest BCUT2D eigenvalue weighted by Crippen LogP contribution is -2.30. The molecule has 4 unspecified atom stereocenters. The Kier molecular flexibility index (Phi) is 64.0. The number of hydrogen-bond acceptors (Lipinski definition) is 15. The Morgan fingerprint density at radius 3 is 0.747 bits per heavy atom. The maximum atomic E-state index is 13.1. The highest BCUT2D eigenvalue weighted by molar-refractivity contribution is 7.47. The molecule has 17 nitrogen and oxygen atoms in total. The Morgan fingerprint density at radius 1 is 0.295 bits per heavy atom. The fourth-order valence-electron chi connectivity index (χ4n) is 11.5. The quantitative estimate of drug-likeness (QED) is 0.0222. The molecule has 0 rings (SSSR count). The van der Waals surface area contributed by atoms with Gasteiger partial charge >= 0.3 is 39.5 Å². The van der Waals surface area contributed by atoms with E-state index in [2.05, 4.69) is 55.4 Å². The van der Waals surface area contributed by atoms with Gasteiger partial charge in [0.25, 0.3) is 0 Å². The zero-order chi connectivity index (χ0) is 70.3. The number of esters is 4. The molecule has 0 saturated heterocycles. The van der Waals surface area contributed by atoms with Crippen LogP contribution in [-0.4, -0.2) is 96.7 Å². The minimum absolute atomic E-state index is 0.103. The van der Waals surface area contributed by atoms with Gasteiger partial charge in [0.2, 0.25) is 0 Å². The molecule has 0 aliphatic heterocycles. The molecule has 0 heterocycles. The first-order valence-corrected chi connectivity index (χ1v) is 42.3. The summed E-state index contributed by atoms with van der Waals surface area (Å²) in [5, 5.41) is 10.6. The summed E-state index contributed by atoms with van der Waals surface area (Å²) in [6, 6.07) is 0. The van der Waals surface area contributed by atoms with Crippen molar-refractivity contribution in [1.82, 2.24) is 0 Å². The number of rotatable bonds is 73. The molecule has 0 aromatic rings. The number of phosphoric acid groups is 2. The van der Waals surface area contributed by atoms with Crippen LogP contribution in [0.3, 0.4) is 0 Å². The highest BCUT2D eigenvalue weighted by Crippen LogP contribution is 2.45.